The summed E-state index contributed by atoms with van der Waals surface area (Å²) in [6, 6.07) is 42.5. The quantitative estimate of drug-likeness (QED) is 0.0407. The van der Waals surface area contributed by atoms with E-state index in [9.17, 15) is 66.0 Å². The number of hydrogen-bond acceptors (Lipinski definition) is 19. The zero-order chi connectivity index (χ0) is 88.6. The van der Waals surface area contributed by atoms with E-state index < -0.39 is 65.4 Å². The molecule has 6 aromatic heterocycles. The van der Waals surface area contributed by atoms with Crippen LogP contribution < -0.4 is 49.4 Å². The molecule has 0 atom stereocenters. The summed E-state index contributed by atoms with van der Waals surface area (Å²) >= 11 is 26.9. The van der Waals surface area contributed by atoms with Gasteiger partial charge in [0, 0.05) is 86.1 Å². The second kappa shape index (κ2) is 40.0. The van der Waals surface area contributed by atoms with E-state index >= 15 is 0 Å². The van der Waals surface area contributed by atoms with Gasteiger partial charge in [0.1, 0.15) is 23.0 Å². The Kier molecular flexibility index (Phi) is 30.5. The van der Waals surface area contributed by atoms with Gasteiger partial charge in [-0.3, -0.25) is 28.1 Å². The van der Waals surface area contributed by atoms with Gasteiger partial charge < -0.3 is 25.4 Å². The van der Waals surface area contributed by atoms with Crippen LogP contribution in [0.5, 0.6) is 23.0 Å². The number of nitrogens with zero attached hydrogens (tertiary/aromatic N) is 10. The summed E-state index contributed by atoms with van der Waals surface area (Å²) < 4.78 is 189. The first-order chi connectivity index (χ1) is 58.6. The van der Waals surface area contributed by atoms with Crippen LogP contribution in [0.15, 0.2) is 241 Å². The fourth-order valence-corrected chi connectivity index (χ4v) is 18.2. The van der Waals surface area contributed by atoms with Crippen molar-refractivity contribution < 1.29 is 86.9 Å². The van der Waals surface area contributed by atoms with Gasteiger partial charge in [-0.2, -0.15) is 39.2 Å². The summed E-state index contributed by atoms with van der Waals surface area (Å²) in [7, 11) is -6.37. The second-order valence-corrected chi connectivity index (χ2v) is 35.5. The molecule has 2 N–H and O–H groups in total. The summed E-state index contributed by atoms with van der Waals surface area (Å²) in [5.41, 5.74) is 2.72. The molecule has 0 radical (unpaired) electrons. The molecule has 3 aliphatic rings. The number of hydrogen-bond donors (Lipinski definition) is 2. The maximum absolute atomic E-state index is 14.0. The monoisotopic (exact) mass is 2000 g/mol. The van der Waals surface area contributed by atoms with E-state index in [1.54, 1.807) is 86.0 Å². The maximum atomic E-state index is 14.0. The molecule has 7 aromatic carbocycles. The zero-order valence-corrected chi connectivity index (χ0v) is 76.3. The van der Waals surface area contributed by atoms with Crippen molar-refractivity contribution in [3.63, 3.8) is 0 Å². The summed E-state index contributed by atoms with van der Waals surface area (Å²) in [5.74, 6) is -1.10. The van der Waals surface area contributed by atoms with E-state index in [1.165, 1.54) is 192 Å². The van der Waals surface area contributed by atoms with Gasteiger partial charge in [-0.15, -0.1) is 0 Å². The van der Waals surface area contributed by atoms with E-state index in [4.69, 9.17) is 53.8 Å². The van der Waals surface area contributed by atoms with Gasteiger partial charge in [-0.1, -0.05) is 67.2 Å². The fraction of sp³-hybridized carbons (Fsp3) is 0.238. The average Bonchev–Trinajstić information content (AvgIpc) is 0.759. The molecule has 124 heavy (non-hydrogen) atoms. The van der Waals surface area contributed by atoms with Crippen LogP contribution in [-0.4, -0.2) is 110 Å². The van der Waals surface area contributed by atoms with Crippen LogP contribution in [0, 0.1) is 24.2 Å². The van der Waals surface area contributed by atoms with Crippen molar-refractivity contribution in [2.24, 2.45) is 17.8 Å². The molecule has 0 spiro atoms. The molecule has 0 saturated heterocycles. The molecule has 3 aliphatic carbocycles. The molecule has 0 unspecified atom stereocenters. The van der Waals surface area contributed by atoms with E-state index in [2.05, 4.69) is 82.2 Å². The van der Waals surface area contributed by atoms with E-state index in [-0.39, 0.29) is 123 Å². The van der Waals surface area contributed by atoms with Crippen LogP contribution in [0.1, 0.15) is 81.4 Å². The molecule has 13 aromatic rings. The van der Waals surface area contributed by atoms with Crippen molar-refractivity contribution >= 4 is 145 Å². The third-order valence-corrected chi connectivity index (χ3v) is 26.6. The summed E-state index contributed by atoms with van der Waals surface area (Å²) in [5, 5.41) is 2.17. The fourth-order valence-electron chi connectivity index (χ4n) is 13.7. The Hall–Kier alpha value is -10.1. The van der Waals surface area contributed by atoms with Gasteiger partial charge in [0.2, 0.25) is 17.8 Å². The van der Waals surface area contributed by atoms with Crippen LogP contribution in [0.3, 0.4) is 0 Å². The molecule has 646 valence electrons. The van der Waals surface area contributed by atoms with Crippen molar-refractivity contribution in [3.8, 4) is 40.1 Å². The molecule has 40 heteroatoms. The Morgan fingerprint density at radius 1 is 0.484 bits per heavy atom. The second-order valence-electron chi connectivity index (χ2n) is 28.2. The standard InChI is InChI=1S/C28H22BrClN4O5S.2C25H20ClF3N4O4S.C5H9.CH4.BrH.Zn/c1-38-20-7-4-18(5-8-20)17-33(28-31-12-3-13-32-28)40(36,37)21-9-10-24-19(14-21)6-11-27(35)34(24)25-16-23(30)22(29)15-26(25)39-2;2*1-37-22-12-18(15-9-16(10-15)25(27,28)29)19(26)13-21(22)33-20-5-4-17(11-14(20)3-6-23(33)34)38(35,36)32-24-30-7-2-8-31-24;1-5-3-2-4-5;;;/h3-16H,17H2,1-2H3;2*2-8,11-13,15-16H,9-10H2,1H3,(H,30,31,32);2,5H,3-4H2,1H3;1H4;1H;/q;;;-1;;;+2/p-1. The normalized spacial score (nSPS) is 15.6. The summed E-state index contributed by atoms with van der Waals surface area (Å²) in [4.78, 5) is 62.7. The van der Waals surface area contributed by atoms with Crippen LogP contribution in [0.4, 0.5) is 44.2 Å². The topological polar surface area (TPSA) is 310 Å². The molecule has 6 heterocycles. The van der Waals surface area contributed by atoms with Gasteiger partial charge in [-0.05, 0) is 210 Å². The molecule has 3 saturated carbocycles. The number of anilines is 3. The number of aromatic nitrogens is 9. The van der Waals surface area contributed by atoms with E-state index in [1.807, 2.05) is 0 Å². The van der Waals surface area contributed by atoms with Crippen molar-refractivity contribution in [1.29, 1.82) is 0 Å². The van der Waals surface area contributed by atoms with E-state index in [0.717, 1.165) is 10.2 Å². The SMILES string of the molecule is C.CC1C[CH-]C1.COc1cc(C2CC(C(F)(F)F)C2)c(Cl)cc1-n1c(=O)ccc2cc(S(=O)(=O)Nc3ncccn3)ccc21.COc1cc(C2CC(C(F)(F)F)C2)c(Cl)cc1-n1c(=O)ccc2cc(S(=O)(=O)Nc3ncccn3)ccc21.COc1ccc(CN(c2ncccn2)S(=O)(=O)c2ccc3c(ccc(=O)n3-c3cc(Cl)c(Br)cc3OC)c2)cc1.[Zn+][Br]. The number of alkyl halides is 6. The van der Waals surface area contributed by atoms with Crippen molar-refractivity contribution in [2.75, 3.05) is 42.2 Å². The molecule has 0 bridgehead atoms. The predicted molar refractivity (Wildman–Crippen MR) is 466 cm³/mol. The van der Waals surface area contributed by atoms with Crippen LogP contribution in [0.2, 0.25) is 15.1 Å². The number of benzene rings is 7. The first-order valence-corrected chi connectivity index (χ1v) is 50.4. The van der Waals surface area contributed by atoms with Crippen LogP contribution >= 0.6 is 64.4 Å². The number of pyridine rings is 3. The Bertz CT molecular complexity index is 6370. The third kappa shape index (κ3) is 21.3. The number of fused-ring (bicyclic) bond motifs is 3. The zero-order valence-electron chi connectivity index (χ0n) is 65.4. The number of halogens is 11. The molecule has 0 aliphatic heterocycles. The minimum atomic E-state index is -4.25. The number of ether oxygens (including phenoxy) is 4. The molecule has 0 amide bonds. The molecule has 16 rings (SSSR count). The molecule has 25 nitrogen and oxygen atoms in total. The Labute approximate surface area is 748 Å². The third-order valence-electron chi connectivity index (χ3n) is 20.4. The number of nitrogens with one attached hydrogen (secondary N) is 2. The van der Waals surface area contributed by atoms with Gasteiger partial charge in [0.05, 0.1) is 100 Å². The predicted octanol–water partition coefficient (Wildman–Crippen LogP) is 19.3. The van der Waals surface area contributed by atoms with Crippen LogP contribution in [-0.2, 0) is 53.0 Å². The summed E-state index contributed by atoms with van der Waals surface area (Å²) in [6.45, 7) is 2.27. The van der Waals surface area contributed by atoms with Gasteiger partial charge in [0.15, 0.2) is 0 Å². The molecule has 3 fully saturated rings. The Balaban J connectivity index is 0.000000173. The van der Waals surface area contributed by atoms with Gasteiger partial charge in [-0.25, -0.2) is 68.9 Å². The molecular formula is C84H75Br2Cl3F6N12O13S3Zn. The Morgan fingerprint density at radius 3 is 1.18 bits per heavy atom. The number of sulfonamides is 3. The number of methoxy groups -OCH3 is 4. The average molecular weight is 2000 g/mol. The minimum absolute atomic E-state index is 0. The van der Waals surface area contributed by atoms with Crippen molar-refractivity contribution in [2.45, 2.75) is 98.3 Å². The molecular weight excluding hydrogens is 1930 g/mol. The van der Waals surface area contributed by atoms with Crippen molar-refractivity contribution in [3.05, 3.63) is 281 Å². The Morgan fingerprint density at radius 2 is 0.831 bits per heavy atom. The van der Waals surface area contributed by atoms with E-state index in [0.29, 0.717) is 76.1 Å². The van der Waals surface area contributed by atoms with Crippen LogP contribution in [0.25, 0.3) is 49.8 Å². The van der Waals surface area contributed by atoms with Gasteiger partial charge in [0.25, 0.3) is 46.7 Å². The van der Waals surface area contributed by atoms with Gasteiger partial charge >= 0.3 is 42.3 Å². The first-order valence-electron chi connectivity index (χ1n) is 37.1. The first kappa shape index (κ1) is 94.6. The summed E-state index contributed by atoms with van der Waals surface area (Å²) in [6.07, 6.45) is 4.81. The number of rotatable bonds is 20. The van der Waals surface area contributed by atoms with Crippen molar-refractivity contribution in [1.82, 2.24) is 43.6 Å².